The molecule has 2 rings (SSSR count). The number of amides is 1. The molecule has 84 valence electrons. The van der Waals surface area contributed by atoms with Crippen molar-refractivity contribution in [2.24, 2.45) is 5.10 Å². The topological polar surface area (TPSA) is 50.7 Å². The first kappa shape index (κ1) is 10.8. The highest BCUT2D eigenvalue weighted by atomic mass is 16.5. The van der Waals surface area contributed by atoms with E-state index in [-0.39, 0.29) is 5.91 Å². The van der Waals surface area contributed by atoms with Crippen molar-refractivity contribution in [2.75, 3.05) is 13.2 Å². The van der Waals surface area contributed by atoms with Gasteiger partial charge in [0.2, 0.25) is 0 Å². The first-order valence-corrected chi connectivity index (χ1v) is 5.35. The molecule has 1 fully saturated rings. The first-order valence-electron chi connectivity index (χ1n) is 5.35. The minimum absolute atomic E-state index is 0.167. The second kappa shape index (κ2) is 5.42. The lowest BCUT2D eigenvalue weighted by Gasteiger charge is -2.13. The maximum atomic E-state index is 11.6. The van der Waals surface area contributed by atoms with E-state index in [1.54, 1.807) is 12.1 Å². The van der Waals surface area contributed by atoms with Crippen molar-refractivity contribution in [1.82, 2.24) is 5.43 Å². The molecule has 1 aliphatic rings. The van der Waals surface area contributed by atoms with Gasteiger partial charge in [0.1, 0.15) is 0 Å². The molecule has 0 spiro atoms. The molecule has 0 aromatic heterocycles. The van der Waals surface area contributed by atoms with Crippen LogP contribution in [-0.4, -0.2) is 24.8 Å². The number of hydrogen-bond acceptors (Lipinski definition) is 3. The van der Waals surface area contributed by atoms with Gasteiger partial charge in [0.25, 0.3) is 5.91 Å². The lowest BCUT2D eigenvalue weighted by Crippen LogP contribution is -2.23. The summed E-state index contributed by atoms with van der Waals surface area (Å²) in [4.78, 5) is 11.6. The second-order valence-corrected chi connectivity index (χ2v) is 3.60. The largest absolute Gasteiger partial charge is 0.381 e. The lowest BCUT2D eigenvalue weighted by molar-refractivity contribution is 0.0952. The van der Waals surface area contributed by atoms with Crippen LogP contribution in [0.15, 0.2) is 35.4 Å². The van der Waals surface area contributed by atoms with E-state index in [0.717, 1.165) is 18.6 Å². The smallest absolute Gasteiger partial charge is 0.271 e. The molecule has 1 saturated heterocycles. The average molecular weight is 218 g/mol. The van der Waals surface area contributed by atoms with Crippen molar-refractivity contribution >= 4 is 11.6 Å². The number of carbonyl (C=O) groups is 1. The molecular formula is C12H14N2O2. The zero-order valence-electron chi connectivity index (χ0n) is 8.98. The molecule has 1 N–H and O–H groups in total. The van der Waals surface area contributed by atoms with Crippen molar-refractivity contribution in [3.8, 4) is 0 Å². The van der Waals surface area contributed by atoms with Gasteiger partial charge < -0.3 is 4.74 Å². The van der Waals surface area contributed by atoms with Crippen LogP contribution in [0, 0.1) is 0 Å². The number of hydrazone groups is 1. The van der Waals surface area contributed by atoms with E-state index in [4.69, 9.17) is 4.74 Å². The third-order valence-corrected chi connectivity index (χ3v) is 2.42. The van der Waals surface area contributed by atoms with Crippen molar-refractivity contribution in [1.29, 1.82) is 0 Å². The van der Waals surface area contributed by atoms with Gasteiger partial charge in [0.15, 0.2) is 0 Å². The molecule has 4 nitrogen and oxygen atoms in total. The third kappa shape index (κ3) is 2.90. The minimum Gasteiger partial charge on any atom is -0.381 e. The summed E-state index contributed by atoms with van der Waals surface area (Å²) in [6.07, 6.45) is 1.60. The van der Waals surface area contributed by atoms with Crippen LogP contribution in [0.5, 0.6) is 0 Å². The molecule has 0 bridgehead atoms. The molecule has 1 aliphatic heterocycles. The predicted molar refractivity (Wildman–Crippen MR) is 61.4 cm³/mol. The summed E-state index contributed by atoms with van der Waals surface area (Å²) in [5.74, 6) is -0.167. The SMILES string of the molecule is O=C(NN=C1CCOCC1)c1ccccc1. The molecule has 0 atom stereocenters. The van der Waals surface area contributed by atoms with Gasteiger partial charge in [-0.05, 0) is 12.1 Å². The van der Waals surface area contributed by atoms with Gasteiger partial charge in [-0.3, -0.25) is 4.79 Å². The Bertz CT molecular complexity index is 379. The van der Waals surface area contributed by atoms with E-state index in [1.165, 1.54) is 0 Å². The number of ether oxygens (including phenoxy) is 1. The molecule has 16 heavy (non-hydrogen) atoms. The Hall–Kier alpha value is -1.68. The predicted octanol–water partition coefficient (Wildman–Crippen LogP) is 1.58. The normalized spacial score (nSPS) is 15.6. The van der Waals surface area contributed by atoms with E-state index in [9.17, 15) is 4.79 Å². The summed E-state index contributed by atoms with van der Waals surface area (Å²) in [7, 11) is 0. The van der Waals surface area contributed by atoms with Gasteiger partial charge in [-0.15, -0.1) is 0 Å². The van der Waals surface area contributed by atoms with Crippen LogP contribution >= 0.6 is 0 Å². The van der Waals surface area contributed by atoms with Gasteiger partial charge in [-0.2, -0.15) is 5.10 Å². The van der Waals surface area contributed by atoms with Gasteiger partial charge in [0.05, 0.1) is 13.2 Å². The fraction of sp³-hybridized carbons (Fsp3) is 0.333. The summed E-state index contributed by atoms with van der Waals surface area (Å²) >= 11 is 0. The highest BCUT2D eigenvalue weighted by Crippen LogP contribution is 2.02. The van der Waals surface area contributed by atoms with Gasteiger partial charge in [-0.1, -0.05) is 18.2 Å². The lowest BCUT2D eigenvalue weighted by atomic mass is 10.2. The number of nitrogens with one attached hydrogen (secondary N) is 1. The Labute approximate surface area is 94.3 Å². The minimum atomic E-state index is -0.167. The average Bonchev–Trinajstić information content (AvgIpc) is 2.38. The maximum Gasteiger partial charge on any atom is 0.271 e. The summed E-state index contributed by atoms with van der Waals surface area (Å²) in [6, 6.07) is 9.06. The van der Waals surface area contributed by atoms with Crippen LogP contribution in [0.1, 0.15) is 23.2 Å². The zero-order chi connectivity index (χ0) is 11.2. The molecule has 0 radical (unpaired) electrons. The Morgan fingerprint density at radius 3 is 2.56 bits per heavy atom. The quantitative estimate of drug-likeness (QED) is 0.766. The number of rotatable bonds is 2. The van der Waals surface area contributed by atoms with Crippen LogP contribution in [-0.2, 0) is 4.74 Å². The number of benzene rings is 1. The summed E-state index contributed by atoms with van der Waals surface area (Å²) < 4.78 is 5.20. The van der Waals surface area contributed by atoms with Crippen molar-refractivity contribution in [3.63, 3.8) is 0 Å². The second-order valence-electron chi connectivity index (χ2n) is 3.60. The van der Waals surface area contributed by atoms with E-state index in [0.29, 0.717) is 18.8 Å². The number of carbonyl (C=O) groups excluding carboxylic acids is 1. The van der Waals surface area contributed by atoms with E-state index < -0.39 is 0 Å². The standard InChI is InChI=1S/C12H14N2O2/c15-12(10-4-2-1-3-5-10)14-13-11-6-8-16-9-7-11/h1-5H,6-9H2,(H,14,15). The van der Waals surface area contributed by atoms with Crippen LogP contribution in [0.25, 0.3) is 0 Å². The Kier molecular flexibility index (Phi) is 3.66. The molecule has 4 heteroatoms. The van der Waals surface area contributed by atoms with Crippen LogP contribution < -0.4 is 5.43 Å². The fourth-order valence-corrected chi connectivity index (χ4v) is 1.50. The zero-order valence-corrected chi connectivity index (χ0v) is 8.98. The van der Waals surface area contributed by atoms with Gasteiger partial charge in [0, 0.05) is 24.1 Å². The highest BCUT2D eigenvalue weighted by Gasteiger charge is 2.08. The molecule has 1 heterocycles. The van der Waals surface area contributed by atoms with Crippen molar-refractivity contribution < 1.29 is 9.53 Å². The molecule has 0 saturated carbocycles. The van der Waals surface area contributed by atoms with E-state index in [1.807, 2.05) is 18.2 Å². The molecule has 1 aromatic carbocycles. The summed E-state index contributed by atoms with van der Waals surface area (Å²) in [5, 5.41) is 4.10. The molecule has 0 unspecified atom stereocenters. The molecule has 1 amide bonds. The monoisotopic (exact) mass is 218 g/mol. The maximum absolute atomic E-state index is 11.6. The van der Waals surface area contributed by atoms with Gasteiger partial charge in [-0.25, -0.2) is 5.43 Å². The third-order valence-electron chi connectivity index (χ3n) is 2.42. The first-order chi connectivity index (χ1) is 7.86. The van der Waals surface area contributed by atoms with Crippen LogP contribution in [0.2, 0.25) is 0 Å². The van der Waals surface area contributed by atoms with Crippen molar-refractivity contribution in [3.05, 3.63) is 35.9 Å². The van der Waals surface area contributed by atoms with Crippen molar-refractivity contribution in [2.45, 2.75) is 12.8 Å². The Balaban J connectivity index is 1.92. The molecular weight excluding hydrogens is 204 g/mol. The Morgan fingerprint density at radius 1 is 1.19 bits per heavy atom. The molecule has 0 aliphatic carbocycles. The highest BCUT2D eigenvalue weighted by molar-refractivity contribution is 5.95. The number of nitrogens with zero attached hydrogens (tertiary/aromatic N) is 1. The van der Waals surface area contributed by atoms with Crippen LogP contribution in [0.3, 0.4) is 0 Å². The van der Waals surface area contributed by atoms with E-state index >= 15 is 0 Å². The Morgan fingerprint density at radius 2 is 1.88 bits per heavy atom. The fourth-order valence-electron chi connectivity index (χ4n) is 1.50. The van der Waals surface area contributed by atoms with Crippen LogP contribution in [0.4, 0.5) is 0 Å². The number of hydrogen-bond donors (Lipinski definition) is 1. The van der Waals surface area contributed by atoms with E-state index in [2.05, 4.69) is 10.5 Å². The van der Waals surface area contributed by atoms with Gasteiger partial charge >= 0.3 is 0 Å². The molecule has 1 aromatic rings. The summed E-state index contributed by atoms with van der Waals surface area (Å²) in [6.45, 7) is 1.39. The summed E-state index contributed by atoms with van der Waals surface area (Å²) in [5.41, 5.74) is 4.18.